The van der Waals surface area contributed by atoms with Crippen molar-refractivity contribution in [2.24, 2.45) is 0 Å². The minimum atomic E-state index is 0. The first-order chi connectivity index (χ1) is 3.81. The van der Waals surface area contributed by atoms with Gasteiger partial charge in [-0.2, -0.15) is 0 Å². The number of rotatable bonds is 3. The molecule has 56 valence electrons. The van der Waals surface area contributed by atoms with Gasteiger partial charge in [-0.1, -0.05) is 6.92 Å². The van der Waals surface area contributed by atoms with Gasteiger partial charge in [0.15, 0.2) is 5.90 Å². The largest absolute Gasteiger partial charge is 0.480 e. The van der Waals surface area contributed by atoms with Crippen LogP contribution in [0.4, 0.5) is 0 Å². The van der Waals surface area contributed by atoms with E-state index in [4.69, 9.17) is 21.7 Å². The molecule has 9 heavy (non-hydrogen) atoms. The van der Waals surface area contributed by atoms with Crippen LogP contribution in [0.25, 0.3) is 0 Å². The fourth-order valence-corrected chi connectivity index (χ4v) is 0.341. The van der Waals surface area contributed by atoms with Crippen LogP contribution in [0.15, 0.2) is 0 Å². The molecule has 0 aliphatic carbocycles. The van der Waals surface area contributed by atoms with Crippen molar-refractivity contribution in [3.8, 4) is 0 Å². The molecule has 0 aromatic rings. The second kappa shape index (κ2) is 8.05. The summed E-state index contributed by atoms with van der Waals surface area (Å²) < 4.78 is 4.79. The summed E-state index contributed by atoms with van der Waals surface area (Å²) in [6, 6.07) is 0. The van der Waals surface area contributed by atoms with E-state index in [2.05, 4.69) is 0 Å². The van der Waals surface area contributed by atoms with Gasteiger partial charge in [0.05, 0.1) is 5.88 Å². The predicted octanol–water partition coefficient (Wildman–Crippen LogP) is 2.05. The molecule has 4 heteroatoms. The molecule has 0 radical (unpaired) electrons. The Kier molecular flexibility index (Phi) is 10.6. The highest BCUT2D eigenvalue weighted by atomic mass is 35.5. The highest BCUT2D eigenvalue weighted by Crippen LogP contribution is 1.85. The molecule has 0 saturated carbocycles. The summed E-state index contributed by atoms with van der Waals surface area (Å²) in [5.74, 6) is 0.771. The SMILES string of the molecule is CCC(=N)OCCCl.Cl. The fraction of sp³-hybridized carbons (Fsp3) is 0.800. The van der Waals surface area contributed by atoms with Crippen molar-refractivity contribution in [3.05, 3.63) is 0 Å². The van der Waals surface area contributed by atoms with E-state index in [0.717, 1.165) is 0 Å². The molecule has 0 aliphatic rings. The van der Waals surface area contributed by atoms with Crippen molar-refractivity contribution in [1.29, 1.82) is 5.41 Å². The summed E-state index contributed by atoms with van der Waals surface area (Å²) in [5, 5.41) is 6.96. The van der Waals surface area contributed by atoms with Gasteiger partial charge in [-0.15, -0.1) is 24.0 Å². The monoisotopic (exact) mass is 171 g/mol. The van der Waals surface area contributed by atoms with E-state index in [0.29, 0.717) is 24.8 Å². The summed E-state index contributed by atoms with van der Waals surface area (Å²) in [6.07, 6.45) is 0.650. The van der Waals surface area contributed by atoms with Gasteiger partial charge in [0.2, 0.25) is 0 Å². The summed E-state index contributed by atoms with van der Waals surface area (Å²) in [6.45, 7) is 2.32. The highest BCUT2D eigenvalue weighted by molar-refractivity contribution is 6.18. The molecule has 0 atom stereocenters. The molecule has 0 bridgehead atoms. The standard InChI is InChI=1S/C5H10ClNO.ClH/c1-2-5(7)8-4-3-6;/h7H,2-4H2,1H3;1H. The average molecular weight is 172 g/mol. The lowest BCUT2D eigenvalue weighted by molar-refractivity contribution is 0.318. The zero-order valence-electron chi connectivity index (χ0n) is 5.32. The molecule has 0 aliphatic heterocycles. The first kappa shape index (κ1) is 11.8. The minimum absolute atomic E-state index is 0. The summed E-state index contributed by atoms with van der Waals surface area (Å²) >= 11 is 5.28. The number of hydrogen-bond acceptors (Lipinski definition) is 2. The van der Waals surface area contributed by atoms with Gasteiger partial charge < -0.3 is 4.74 Å². The number of halogens is 2. The molecule has 1 N–H and O–H groups in total. The van der Waals surface area contributed by atoms with E-state index < -0.39 is 0 Å². The second-order valence-electron chi connectivity index (χ2n) is 1.31. The lowest BCUT2D eigenvalue weighted by Crippen LogP contribution is -2.03. The zero-order valence-corrected chi connectivity index (χ0v) is 6.89. The Hall–Kier alpha value is 0.0500. The van der Waals surface area contributed by atoms with Crippen LogP contribution < -0.4 is 0 Å². The van der Waals surface area contributed by atoms with E-state index in [9.17, 15) is 0 Å². The molecule has 0 spiro atoms. The Morgan fingerprint density at radius 1 is 1.67 bits per heavy atom. The van der Waals surface area contributed by atoms with Crippen LogP contribution in [0, 0.1) is 5.41 Å². The molecule has 0 aromatic heterocycles. The van der Waals surface area contributed by atoms with Crippen molar-refractivity contribution in [3.63, 3.8) is 0 Å². The lowest BCUT2D eigenvalue weighted by atomic mass is 10.5. The number of ether oxygens (including phenoxy) is 1. The van der Waals surface area contributed by atoms with Gasteiger partial charge in [0, 0.05) is 6.42 Å². The third-order valence-corrected chi connectivity index (χ3v) is 0.829. The molecular formula is C5H11Cl2NO. The summed E-state index contributed by atoms with van der Waals surface area (Å²) in [5.41, 5.74) is 0. The molecule has 0 heterocycles. The third kappa shape index (κ3) is 8.05. The Balaban J connectivity index is 0. The maximum atomic E-state index is 6.96. The Labute approximate surface area is 66.5 Å². The summed E-state index contributed by atoms with van der Waals surface area (Å²) in [4.78, 5) is 0. The van der Waals surface area contributed by atoms with E-state index >= 15 is 0 Å². The summed E-state index contributed by atoms with van der Waals surface area (Å²) in [7, 11) is 0. The van der Waals surface area contributed by atoms with Gasteiger partial charge in [0.25, 0.3) is 0 Å². The molecule has 0 fully saturated rings. The second-order valence-corrected chi connectivity index (χ2v) is 1.69. The molecule has 0 saturated heterocycles. The quantitative estimate of drug-likeness (QED) is 0.394. The molecular weight excluding hydrogens is 161 g/mol. The molecule has 0 amide bonds. The van der Waals surface area contributed by atoms with Crippen LogP contribution >= 0.6 is 24.0 Å². The molecule has 0 aromatic carbocycles. The van der Waals surface area contributed by atoms with E-state index in [-0.39, 0.29) is 12.4 Å². The Morgan fingerprint density at radius 2 is 2.22 bits per heavy atom. The van der Waals surface area contributed by atoms with Gasteiger partial charge in [-0.05, 0) is 0 Å². The van der Waals surface area contributed by atoms with Gasteiger partial charge in [-0.3, -0.25) is 5.41 Å². The van der Waals surface area contributed by atoms with Crippen molar-refractivity contribution >= 4 is 29.9 Å². The van der Waals surface area contributed by atoms with E-state index in [1.165, 1.54) is 0 Å². The first-order valence-electron chi connectivity index (χ1n) is 2.57. The van der Waals surface area contributed by atoms with Crippen LogP contribution in [-0.2, 0) is 4.74 Å². The normalized spacial score (nSPS) is 7.78. The molecule has 0 unspecified atom stereocenters. The van der Waals surface area contributed by atoms with Crippen molar-refractivity contribution in [2.45, 2.75) is 13.3 Å². The van der Waals surface area contributed by atoms with Crippen LogP contribution in [0.1, 0.15) is 13.3 Å². The van der Waals surface area contributed by atoms with Gasteiger partial charge in [0.1, 0.15) is 6.61 Å². The van der Waals surface area contributed by atoms with E-state index in [1.54, 1.807) is 0 Å². The number of alkyl halides is 1. The zero-order chi connectivity index (χ0) is 6.41. The first-order valence-corrected chi connectivity index (χ1v) is 3.11. The van der Waals surface area contributed by atoms with Crippen LogP contribution in [0.2, 0.25) is 0 Å². The maximum absolute atomic E-state index is 6.96. The Bertz CT molecular complexity index is 77.4. The third-order valence-electron chi connectivity index (χ3n) is 0.675. The fourth-order valence-electron chi connectivity index (χ4n) is 0.264. The number of nitrogens with one attached hydrogen (secondary N) is 1. The maximum Gasteiger partial charge on any atom is 0.180 e. The predicted molar refractivity (Wildman–Crippen MR) is 41.9 cm³/mol. The van der Waals surface area contributed by atoms with Crippen LogP contribution in [0.3, 0.4) is 0 Å². The van der Waals surface area contributed by atoms with Crippen LogP contribution in [0.5, 0.6) is 0 Å². The minimum Gasteiger partial charge on any atom is -0.480 e. The van der Waals surface area contributed by atoms with E-state index in [1.807, 2.05) is 6.92 Å². The van der Waals surface area contributed by atoms with Gasteiger partial charge in [-0.25, -0.2) is 0 Å². The van der Waals surface area contributed by atoms with Crippen molar-refractivity contribution < 1.29 is 4.74 Å². The van der Waals surface area contributed by atoms with Crippen molar-refractivity contribution in [1.82, 2.24) is 0 Å². The lowest BCUT2D eigenvalue weighted by Gasteiger charge is -1.99. The van der Waals surface area contributed by atoms with Crippen molar-refractivity contribution in [2.75, 3.05) is 12.5 Å². The molecule has 0 rings (SSSR count). The smallest absolute Gasteiger partial charge is 0.180 e. The topological polar surface area (TPSA) is 33.1 Å². The Morgan fingerprint density at radius 3 is 2.56 bits per heavy atom. The average Bonchev–Trinajstić information content (AvgIpc) is 1.83. The number of hydrogen-bond donors (Lipinski definition) is 1. The van der Waals surface area contributed by atoms with Gasteiger partial charge >= 0.3 is 0 Å². The van der Waals surface area contributed by atoms with Crippen LogP contribution in [-0.4, -0.2) is 18.4 Å². The highest BCUT2D eigenvalue weighted by Gasteiger charge is 1.88. The molecule has 2 nitrogen and oxygen atoms in total.